The molecule has 160 valence electrons. The van der Waals surface area contributed by atoms with Gasteiger partial charge in [-0.15, -0.1) is 10.2 Å². The summed E-state index contributed by atoms with van der Waals surface area (Å²) in [6.45, 7) is 3.02. The van der Waals surface area contributed by atoms with Crippen molar-refractivity contribution >= 4 is 16.9 Å². The predicted molar refractivity (Wildman–Crippen MR) is 115 cm³/mol. The second kappa shape index (κ2) is 9.40. The third-order valence-corrected chi connectivity index (χ3v) is 4.87. The Morgan fingerprint density at radius 3 is 2.74 bits per heavy atom. The van der Waals surface area contributed by atoms with Crippen LogP contribution < -0.4 is 10.1 Å². The smallest absolute Gasteiger partial charge is 0.258 e. The number of ether oxygens (including phenoxy) is 2. The van der Waals surface area contributed by atoms with Gasteiger partial charge in [0.25, 0.3) is 5.91 Å². The van der Waals surface area contributed by atoms with Crippen molar-refractivity contribution in [3.63, 3.8) is 0 Å². The summed E-state index contributed by atoms with van der Waals surface area (Å²) in [4.78, 5) is 17.2. The van der Waals surface area contributed by atoms with Crippen molar-refractivity contribution in [3.05, 3.63) is 67.0 Å². The summed E-state index contributed by atoms with van der Waals surface area (Å²) in [6, 6.07) is 15.0. The van der Waals surface area contributed by atoms with Gasteiger partial charge in [0.2, 0.25) is 0 Å². The first-order valence-electron chi connectivity index (χ1n) is 9.97. The van der Waals surface area contributed by atoms with Gasteiger partial charge in [-0.05, 0) is 31.2 Å². The van der Waals surface area contributed by atoms with Crippen LogP contribution in [0.4, 0.5) is 0 Å². The molecule has 0 bridgehead atoms. The second-order valence-corrected chi connectivity index (χ2v) is 7.05. The van der Waals surface area contributed by atoms with E-state index in [4.69, 9.17) is 14.5 Å². The molecule has 0 spiro atoms. The Bertz CT molecular complexity index is 1160. The average molecular weight is 420 g/mol. The minimum Gasteiger partial charge on any atom is -0.484 e. The number of hydrogen-bond acceptors (Lipinski definition) is 6. The Kier molecular flexibility index (Phi) is 6.23. The molecular formula is C22H24N6O3. The van der Waals surface area contributed by atoms with Crippen LogP contribution in [0.15, 0.2) is 61.2 Å². The van der Waals surface area contributed by atoms with E-state index in [0.29, 0.717) is 18.9 Å². The lowest BCUT2D eigenvalue weighted by molar-refractivity contribution is -0.123. The molecule has 0 aliphatic heterocycles. The molecular weight excluding hydrogens is 396 g/mol. The van der Waals surface area contributed by atoms with Crippen molar-refractivity contribution < 1.29 is 14.3 Å². The van der Waals surface area contributed by atoms with E-state index in [9.17, 15) is 4.79 Å². The Morgan fingerprint density at radius 1 is 1.13 bits per heavy atom. The number of nitrogens with zero attached hydrogens (tertiary/aromatic N) is 5. The highest BCUT2D eigenvalue weighted by molar-refractivity contribution is 5.79. The first-order valence-corrected chi connectivity index (χ1v) is 9.97. The molecule has 1 amide bonds. The highest BCUT2D eigenvalue weighted by Gasteiger charge is 2.18. The number of carbonyl (C=O) groups is 1. The minimum atomic E-state index is -0.288. The molecule has 0 saturated heterocycles. The number of fused-ring (bicyclic) bond motifs is 1. The molecule has 9 nitrogen and oxygen atoms in total. The van der Waals surface area contributed by atoms with Crippen molar-refractivity contribution in [1.82, 2.24) is 29.6 Å². The highest BCUT2D eigenvalue weighted by atomic mass is 16.5. The van der Waals surface area contributed by atoms with E-state index < -0.39 is 0 Å². The van der Waals surface area contributed by atoms with Gasteiger partial charge in [-0.1, -0.05) is 18.2 Å². The number of methoxy groups -OCH3 is 1. The zero-order valence-electron chi connectivity index (χ0n) is 17.4. The lowest BCUT2D eigenvalue weighted by Crippen LogP contribution is -2.32. The van der Waals surface area contributed by atoms with Gasteiger partial charge in [-0.25, -0.2) is 4.98 Å². The predicted octanol–water partition coefficient (Wildman–Crippen LogP) is 2.52. The van der Waals surface area contributed by atoms with Crippen LogP contribution >= 0.6 is 0 Å². The molecule has 1 N–H and O–H groups in total. The third kappa shape index (κ3) is 4.72. The summed E-state index contributed by atoms with van der Waals surface area (Å²) in [5.41, 5.74) is 2.75. The lowest BCUT2D eigenvalue weighted by atomic mass is 10.3. The van der Waals surface area contributed by atoms with Crippen LogP contribution in [0.1, 0.15) is 18.8 Å². The van der Waals surface area contributed by atoms with Crippen LogP contribution in [-0.2, 0) is 16.1 Å². The van der Waals surface area contributed by atoms with Crippen LogP contribution in [0.3, 0.4) is 0 Å². The zero-order chi connectivity index (χ0) is 21.6. The van der Waals surface area contributed by atoms with E-state index in [-0.39, 0.29) is 18.6 Å². The number of amides is 1. The monoisotopic (exact) mass is 420 g/mol. The molecule has 4 rings (SSSR count). The number of rotatable bonds is 9. The van der Waals surface area contributed by atoms with Gasteiger partial charge in [0, 0.05) is 19.7 Å². The van der Waals surface area contributed by atoms with Gasteiger partial charge in [0.15, 0.2) is 6.61 Å². The fraction of sp³-hybridized carbons (Fsp3) is 0.273. The summed E-state index contributed by atoms with van der Waals surface area (Å²) in [5.74, 6) is 1.13. The molecule has 31 heavy (non-hydrogen) atoms. The average Bonchev–Trinajstić information content (AvgIpc) is 3.45. The largest absolute Gasteiger partial charge is 0.484 e. The first-order chi connectivity index (χ1) is 15.2. The van der Waals surface area contributed by atoms with Crippen molar-refractivity contribution in [2.75, 3.05) is 20.3 Å². The molecule has 1 atom stereocenters. The summed E-state index contributed by atoms with van der Waals surface area (Å²) in [6.07, 6.45) is 3.20. The number of nitrogens with one attached hydrogen (secondary N) is 1. The van der Waals surface area contributed by atoms with Crippen LogP contribution in [0, 0.1) is 0 Å². The summed E-state index contributed by atoms with van der Waals surface area (Å²) in [7, 11) is 1.67. The molecule has 9 heteroatoms. The number of para-hydroxylation sites is 2. The fourth-order valence-corrected chi connectivity index (χ4v) is 3.41. The molecule has 0 fully saturated rings. The molecule has 0 aliphatic carbocycles. The second-order valence-electron chi connectivity index (χ2n) is 7.05. The SMILES string of the molecule is COCCn1c([C@H](C)NC(=O)COc2cccc(-n3cnnc3)c2)nc2ccccc21. The Labute approximate surface area is 179 Å². The van der Waals surface area contributed by atoms with E-state index in [2.05, 4.69) is 20.1 Å². The molecule has 4 aromatic rings. The van der Waals surface area contributed by atoms with E-state index in [1.807, 2.05) is 49.4 Å². The lowest BCUT2D eigenvalue weighted by Gasteiger charge is -2.16. The fourth-order valence-electron chi connectivity index (χ4n) is 3.41. The Balaban J connectivity index is 1.42. The van der Waals surface area contributed by atoms with Crippen molar-refractivity contribution in [2.45, 2.75) is 19.5 Å². The maximum atomic E-state index is 12.5. The summed E-state index contributed by atoms with van der Waals surface area (Å²) in [5, 5.41) is 10.6. The van der Waals surface area contributed by atoms with E-state index in [0.717, 1.165) is 22.5 Å². The molecule has 2 heterocycles. The number of carbonyl (C=O) groups excluding carboxylic acids is 1. The van der Waals surface area contributed by atoms with E-state index in [1.54, 1.807) is 30.4 Å². The minimum absolute atomic E-state index is 0.103. The normalized spacial score (nSPS) is 12.1. The van der Waals surface area contributed by atoms with Gasteiger partial charge in [0.05, 0.1) is 29.4 Å². The maximum absolute atomic E-state index is 12.5. The topological polar surface area (TPSA) is 96.1 Å². The number of hydrogen-bond donors (Lipinski definition) is 1. The Morgan fingerprint density at radius 2 is 1.94 bits per heavy atom. The number of imidazole rings is 1. The third-order valence-electron chi connectivity index (χ3n) is 4.87. The van der Waals surface area contributed by atoms with Crippen LogP contribution in [-0.4, -0.2) is 50.5 Å². The molecule has 2 aromatic heterocycles. The van der Waals surface area contributed by atoms with Crippen LogP contribution in [0.2, 0.25) is 0 Å². The van der Waals surface area contributed by atoms with Gasteiger partial charge >= 0.3 is 0 Å². The van der Waals surface area contributed by atoms with Gasteiger partial charge < -0.3 is 19.4 Å². The summed E-state index contributed by atoms with van der Waals surface area (Å²) >= 11 is 0. The Hall–Kier alpha value is -3.72. The maximum Gasteiger partial charge on any atom is 0.258 e. The van der Waals surface area contributed by atoms with Crippen molar-refractivity contribution in [1.29, 1.82) is 0 Å². The zero-order valence-corrected chi connectivity index (χ0v) is 17.4. The first kappa shape index (κ1) is 20.5. The molecule has 0 radical (unpaired) electrons. The van der Waals surface area contributed by atoms with Gasteiger partial charge in [-0.3, -0.25) is 9.36 Å². The number of benzene rings is 2. The van der Waals surface area contributed by atoms with E-state index >= 15 is 0 Å². The standard InChI is InChI=1S/C22H24N6O3/c1-16(22-26-19-8-3-4-9-20(19)28(22)10-11-30-2)25-21(29)13-31-18-7-5-6-17(12-18)27-14-23-24-15-27/h3-9,12,14-16H,10-11,13H2,1-2H3,(H,25,29)/t16-/m0/s1. The van der Waals surface area contributed by atoms with E-state index in [1.165, 1.54) is 0 Å². The highest BCUT2D eigenvalue weighted by Crippen LogP contribution is 2.21. The molecule has 0 unspecified atom stereocenters. The van der Waals surface area contributed by atoms with Crippen LogP contribution in [0.25, 0.3) is 16.7 Å². The van der Waals surface area contributed by atoms with Crippen molar-refractivity contribution in [2.24, 2.45) is 0 Å². The molecule has 2 aromatic carbocycles. The summed E-state index contributed by atoms with van der Waals surface area (Å²) < 4.78 is 14.8. The van der Waals surface area contributed by atoms with Crippen molar-refractivity contribution in [3.8, 4) is 11.4 Å². The van der Waals surface area contributed by atoms with Gasteiger partial charge in [-0.2, -0.15) is 0 Å². The molecule has 0 saturated carbocycles. The van der Waals surface area contributed by atoms with Gasteiger partial charge in [0.1, 0.15) is 24.2 Å². The van der Waals surface area contributed by atoms with Crippen LogP contribution in [0.5, 0.6) is 5.75 Å². The number of aromatic nitrogens is 5. The molecule has 0 aliphatic rings. The quantitative estimate of drug-likeness (QED) is 0.447.